The number of hydrogen-bond acceptors (Lipinski definition) is 3. The number of amides is 1. The van der Waals surface area contributed by atoms with Crippen LogP contribution in [0.15, 0.2) is 41.8 Å². The topological polar surface area (TPSA) is 32.3 Å². The van der Waals surface area contributed by atoms with Gasteiger partial charge in [0, 0.05) is 17.1 Å². The van der Waals surface area contributed by atoms with Gasteiger partial charge in [0.25, 0.3) is 0 Å². The third-order valence-corrected chi connectivity index (χ3v) is 4.99. The van der Waals surface area contributed by atoms with Crippen LogP contribution >= 0.6 is 11.3 Å². The second kappa shape index (κ2) is 6.31. The summed E-state index contributed by atoms with van der Waals surface area (Å²) in [6, 6.07) is 12.5. The van der Waals surface area contributed by atoms with Crippen molar-refractivity contribution in [3.05, 3.63) is 52.2 Å². The van der Waals surface area contributed by atoms with E-state index in [4.69, 9.17) is 0 Å². The van der Waals surface area contributed by atoms with Crippen LogP contribution in [0.3, 0.4) is 0 Å². The van der Waals surface area contributed by atoms with Crippen molar-refractivity contribution in [2.24, 2.45) is 0 Å². The maximum Gasteiger partial charge on any atom is 0.242 e. The molecule has 1 unspecified atom stereocenters. The standard InChI is InChI=1S/C17H20N2OS/c1-13-6-2-3-7-14(13)18-12-17(20)19-10-4-8-15(19)16-9-5-11-21-16/h2-3,5-7,9,11,15,18H,4,8,10,12H2,1H3. The Kier molecular flexibility index (Phi) is 4.25. The number of nitrogens with zero attached hydrogens (tertiary/aromatic N) is 1. The molecule has 0 aliphatic carbocycles. The highest BCUT2D eigenvalue weighted by molar-refractivity contribution is 7.10. The van der Waals surface area contributed by atoms with Crippen molar-refractivity contribution < 1.29 is 4.79 Å². The molecule has 1 aromatic carbocycles. The fourth-order valence-corrected chi connectivity index (χ4v) is 3.76. The number of rotatable bonds is 4. The molecule has 0 saturated carbocycles. The lowest BCUT2D eigenvalue weighted by Crippen LogP contribution is -2.34. The summed E-state index contributed by atoms with van der Waals surface area (Å²) in [7, 11) is 0. The average molecular weight is 300 g/mol. The van der Waals surface area contributed by atoms with Gasteiger partial charge in [-0.05, 0) is 42.8 Å². The fraction of sp³-hybridized carbons (Fsp3) is 0.353. The lowest BCUT2D eigenvalue weighted by molar-refractivity contribution is -0.130. The van der Waals surface area contributed by atoms with Crippen molar-refractivity contribution in [3.63, 3.8) is 0 Å². The number of hydrogen-bond donors (Lipinski definition) is 1. The predicted molar refractivity (Wildman–Crippen MR) is 87.7 cm³/mol. The number of likely N-dealkylation sites (tertiary alicyclic amines) is 1. The molecule has 1 amide bonds. The number of anilines is 1. The molecule has 1 aromatic heterocycles. The van der Waals surface area contributed by atoms with Crippen molar-refractivity contribution in [2.45, 2.75) is 25.8 Å². The summed E-state index contributed by atoms with van der Waals surface area (Å²) >= 11 is 1.74. The van der Waals surface area contributed by atoms with Crippen molar-refractivity contribution in [2.75, 3.05) is 18.4 Å². The minimum Gasteiger partial charge on any atom is -0.376 e. The van der Waals surface area contributed by atoms with Crippen LogP contribution in [0.5, 0.6) is 0 Å². The number of aryl methyl sites for hydroxylation is 1. The quantitative estimate of drug-likeness (QED) is 0.930. The summed E-state index contributed by atoms with van der Waals surface area (Å²) in [5.74, 6) is 0.189. The van der Waals surface area contributed by atoms with E-state index < -0.39 is 0 Å². The molecule has 1 atom stereocenters. The Morgan fingerprint density at radius 1 is 1.33 bits per heavy atom. The highest BCUT2D eigenvalue weighted by Crippen LogP contribution is 2.34. The smallest absolute Gasteiger partial charge is 0.242 e. The zero-order valence-corrected chi connectivity index (χ0v) is 13.0. The third kappa shape index (κ3) is 3.10. The molecule has 1 aliphatic rings. The second-order valence-electron chi connectivity index (χ2n) is 5.43. The lowest BCUT2D eigenvalue weighted by atomic mass is 10.2. The molecule has 0 bridgehead atoms. The number of nitrogens with one attached hydrogen (secondary N) is 1. The summed E-state index contributed by atoms with van der Waals surface area (Å²) in [4.78, 5) is 15.8. The van der Waals surface area contributed by atoms with Crippen LogP contribution in [0.1, 0.15) is 29.3 Å². The van der Waals surface area contributed by atoms with Crippen LogP contribution in [-0.2, 0) is 4.79 Å². The first-order valence-corrected chi connectivity index (χ1v) is 8.26. The highest BCUT2D eigenvalue weighted by Gasteiger charge is 2.30. The van der Waals surface area contributed by atoms with E-state index in [0.29, 0.717) is 6.54 Å². The van der Waals surface area contributed by atoms with E-state index in [-0.39, 0.29) is 11.9 Å². The number of thiophene rings is 1. The van der Waals surface area contributed by atoms with Gasteiger partial charge in [-0.25, -0.2) is 0 Å². The number of para-hydroxylation sites is 1. The van der Waals surface area contributed by atoms with E-state index in [2.05, 4.69) is 35.8 Å². The van der Waals surface area contributed by atoms with E-state index in [1.807, 2.05) is 23.1 Å². The third-order valence-electron chi connectivity index (χ3n) is 4.02. The highest BCUT2D eigenvalue weighted by atomic mass is 32.1. The monoisotopic (exact) mass is 300 g/mol. The summed E-state index contributed by atoms with van der Waals surface area (Å²) in [6.45, 7) is 3.29. The Labute approximate surface area is 129 Å². The SMILES string of the molecule is Cc1ccccc1NCC(=O)N1CCCC1c1cccs1. The molecule has 3 nitrogen and oxygen atoms in total. The Balaban J connectivity index is 1.64. The molecule has 0 radical (unpaired) electrons. The minimum atomic E-state index is 0.189. The first-order valence-electron chi connectivity index (χ1n) is 7.38. The predicted octanol–water partition coefficient (Wildman–Crippen LogP) is 3.83. The maximum atomic E-state index is 12.5. The molecule has 4 heteroatoms. The first-order chi connectivity index (χ1) is 10.3. The molecule has 2 heterocycles. The van der Waals surface area contributed by atoms with Crippen LogP contribution < -0.4 is 5.32 Å². The normalized spacial score (nSPS) is 18.0. The second-order valence-corrected chi connectivity index (χ2v) is 6.41. The molecule has 1 saturated heterocycles. The number of benzene rings is 1. The Morgan fingerprint density at radius 3 is 2.95 bits per heavy atom. The van der Waals surface area contributed by atoms with Crippen LogP contribution in [0, 0.1) is 6.92 Å². The van der Waals surface area contributed by atoms with Crippen LogP contribution in [0.25, 0.3) is 0 Å². The van der Waals surface area contributed by atoms with Gasteiger partial charge in [-0.1, -0.05) is 24.3 Å². The summed E-state index contributed by atoms with van der Waals surface area (Å²) in [5, 5.41) is 5.35. The van der Waals surface area contributed by atoms with E-state index in [9.17, 15) is 4.79 Å². The van der Waals surface area contributed by atoms with Gasteiger partial charge in [0.05, 0.1) is 12.6 Å². The summed E-state index contributed by atoms with van der Waals surface area (Å²) < 4.78 is 0. The van der Waals surface area contributed by atoms with Gasteiger partial charge >= 0.3 is 0 Å². The molecule has 2 aromatic rings. The Morgan fingerprint density at radius 2 is 2.19 bits per heavy atom. The molecule has 3 rings (SSSR count). The van der Waals surface area contributed by atoms with E-state index in [1.165, 1.54) is 10.4 Å². The van der Waals surface area contributed by atoms with E-state index in [1.54, 1.807) is 11.3 Å². The van der Waals surface area contributed by atoms with Crippen LogP contribution in [0.2, 0.25) is 0 Å². The van der Waals surface area contributed by atoms with Gasteiger partial charge in [0.1, 0.15) is 0 Å². The molecule has 0 spiro atoms. The van der Waals surface area contributed by atoms with E-state index >= 15 is 0 Å². The molecule has 1 aliphatic heterocycles. The first kappa shape index (κ1) is 14.1. The van der Waals surface area contributed by atoms with Gasteiger partial charge in [0.15, 0.2) is 0 Å². The molecule has 1 N–H and O–H groups in total. The van der Waals surface area contributed by atoms with Gasteiger partial charge in [-0.3, -0.25) is 4.79 Å². The largest absolute Gasteiger partial charge is 0.376 e. The van der Waals surface area contributed by atoms with Crippen molar-refractivity contribution in [1.29, 1.82) is 0 Å². The molecule has 110 valence electrons. The van der Waals surface area contributed by atoms with Crippen molar-refractivity contribution in [3.8, 4) is 0 Å². The van der Waals surface area contributed by atoms with Gasteiger partial charge in [-0.15, -0.1) is 11.3 Å². The van der Waals surface area contributed by atoms with Crippen molar-refractivity contribution >= 4 is 22.9 Å². The number of carbonyl (C=O) groups excluding carboxylic acids is 1. The summed E-state index contributed by atoms with van der Waals surface area (Å²) in [5.41, 5.74) is 2.21. The van der Waals surface area contributed by atoms with E-state index in [0.717, 1.165) is 25.1 Å². The average Bonchev–Trinajstić information content (AvgIpc) is 3.16. The van der Waals surface area contributed by atoms with Crippen LogP contribution in [0.4, 0.5) is 5.69 Å². The summed E-state index contributed by atoms with van der Waals surface area (Å²) in [6.07, 6.45) is 2.18. The van der Waals surface area contributed by atoms with Gasteiger partial charge in [0.2, 0.25) is 5.91 Å². The molecular formula is C17H20N2OS. The number of carbonyl (C=O) groups is 1. The zero-order valence-electron chi connectivity index (χ0n) is 12.2. The maximum absolute atomic E-state index is 12.5. The molecule has 21 heavy (non-hydrogen) atoms. The fourth-order valence-electron chi connectivity index (χ4n) is 2.89. The Hall–Kier alpha value is -1.81. The molecule has 1 fully saturated rings. The van der Waals surface area contributed by atoms with Crippen LogP contribution in [-0.4, -0.2) is 23.9 Å². The lowest BCUT2D eigenvalue weighted by Gasteiger charge is -2.24. The Bertz CT molecular complexity index is 609. The zero-order chi connectivity index (χ0) is 14.7. The minimum absolute atomic E-state index is 0.189. The molecular weight excluding hydrogens is 280 g/mol. The van der Waals surface area contributed by atoms with Gasteiger partial charge in [-0.2, -0.15) is 0 Å². The van der Waals surface area contributed by atoms with Gasteiger partial charge < -0.3 is 10.2 Å². The van der Waals surface area contributed by atoms with Crippen molar-refractivity contribution in [1.82, 2.24) is 4.90 Å².